The highest BCUT2D eigenvalue weighted by molar-refractivity contribution is 8.01. The van der Waals surface area contributed by atoms with Crippen molar-refractivity contribution in [2.24, 2.45) is 0 Å². The van der Waals surface area contributed by atoms with Crippen molar-refractivity contribution in [1.29, 1.82) is 0 Å². The van der Waals surface area contributed by atoms with E-state index >= 15 is 0 Å². The van der Waals surface area contributed by atoms with E-state index in [9.17, 15) is 9.59 Å². The number of hydrogen-bond donors (Lipinski definition) is 3. The van der Waals surface area contributed by atoms with E-state index in [1.165, 1.54) is 23.1 Å². The van der Waals surface area contributed by atoms with Gasteiger partial charge in [0.2, 0.25) is 16.9 Å². The van der Waals surface area contributed by atoms with Gasteiger partial charge in [0.1, 0.15) is 11.8 Å². The first-order valence-electron chi connectivity index (χ1n) is 8.59. The van der Waals surface area contributed by atoms with Gasteiger partial charge in [-0.25, -0.2) is 0 Å². The Morgan fingerprint density at radius 2 is 2.22 bits per heavy atom. The highest BCUT2D eigenvalue weighted by atomic mass is 32.2. The molecule has 2 amide bonds. The molecule has 0 saturated carbocycles. The van der Waals surface area contributed by atoms with Crippen LogP contribution in [-0.2, 0) is 9.59 Å². The van der Waals surface area contributed by atoms with Gasteiger partial charge in [-0.1, -0.05) is 35.2 Å². The van der Waals surface area contributed by atoms with Crippen molar-refractivity contribution in [3.8, 4) is 5.75 Å². The maximum Gasteiger partial charge on any atom is 0.242 e. The zero-order valence-electron chi connectivity index (χ0n) is 14.9. The molecule has 1 fully saturated rings. The predicted molar refractivity (Wildman–Crippen MR) is 106 cm³/mol. The summed E-state index contributed by atoms with van der Waals surface area (Å²) in [6.07, 6.45) is 2.54. The number of hydrogen-bond acceptors (Lipinski definition) is 8. The van der Waals surface area contributed by atoms with Gasteiger partial charge in [-0.15, -0.1) is 10.2 Å². The Kier molecular flexibility index (Phi) is 6.88. The summed E-state index contributed by atoms with van der Waals surface area (Å²) in [5.41, 5.74) is 0.796. The second kappa shape index (κ2) is 9.56. The summed E-state index contributed by atoms with van der Waals surface area (Å²) in [5, 5.41) is 17.6. The molecule has 3 N–H and O–H groups in total. The molecule has 0 bridgehead atoms. The third-order valence-electron chi connectivity index (χ3n) is 3.95. The molecule has 2 aromatic rings. The Balaban J connectivity index is 1.50. The SMILES string of the molecule is COc1ccccc1Nc1nnc(SCC(=O)N[C@@H]2CCCCNC2=O)s1. The summed E-state index contributed by atoms with van der Waals surface area (Å²) in [6, 6.07) is 7.08. The van der Waals surface area contributed by atoms with Crippen LogP contribution in [0.4, 0.5) is 10.8 Å². The van der Waals surface area contributed by atoms with Crippen LogP contribution in [0, 0.1) is 0 Å². The van der Waals surface area contributed by atoms with Crippen LogP contribution in [0.2, 0.25) is 0 Å². The summed E-state index contributed by atoms with van der Waals surface area (Å²) in [5.74, 6) is 0.608. The first-order chi connectivity index (χ1) is 13.2. The minimum atomic E-state index is -0.446. The van der Waals surface area contributed by atoms with E-state index in [0.717, 1.165) is 18.5 Å². The van der Waals surface area contributed by atoms with Gasteiger partial charge in [-0.05, 0) is 31.4 Å². The molecule has 1 atom stereocenters. The van der Waals surface area contributed by atoms with Crippen molar-refractivity contribution >= 4 is 45.7 Å². The fourth-order valence-corrected chi connectivity index (χ4v) is 4.20. The number of anilines is 2. The van der Waals surface area contributed by atoms with Gasteiger partial charge >= 0.3 is 0 Å². The number of carbonyl (C=O) groups excluding carboxylic acids is 2. The van der Waals surface area contributed by atoms with E-state index in [1.54, 1.807) is 7.11 Å². The molecule has 0 aliphatic carbocycles. The number of nitrogens with zero attached hydrogens (tertiary/aromatic N) is 2. The lowest BCUT2D eigenvalue weighted by molar-refractivity contribution is -0.127. The average Bonchev–Trinajstić information content (AvgIpc) is 3.03. The van der Waals surface area contributed by atoms with Gasteiger partial charge in [-0.3, -0.25) is 9.59 Å². The maximum absolute atomic E-state index is 12.1. The number of para-hydroxylation sites is 2. The number of rotatable bonds is 7. The van der Waals surface area contributed by atoms with Crippen LogP contribution >= 0.6 is 23.1 Å². The summed E-state index contributed by atoms with van der Waals surface area (Å²) < 4.78 is 5.97. The smallest absolute Gasteiger partial charge is 0.242 e. The zero-order chi connectivity index (χ0) is 19.1. The average molecular weight is 408 g/mol. The molecule has 1 aromatic heterocycles. The normalized spacial score (nSPS) is 16.9. The monoisotopic (exact) mass is 407 g/mol. The van der Waals surface area contributed by atoms with E-state index in [-0.39, 0.29) is 17.6 Å². The van der Waals surface area contributed by atoms with Gasteiger partial charge in [0, 0.05) is 6.54 Å². The summed E-state index contributed by atoms with van der Waals surface area (Å²) in [4.78, 5) is 24.0. The van der Waals surface area contributed by atoms with E-state index < -0.39 is 6.04 Å². The third kappa shape index (κ3) is 5.57. The third-order valence-corrected chi connectivity index (χ3v) is 5.92. The fraction of sp³-hybridized carbons (Fsp3) is 0.412. The van der Waals surface area contributed by atoms with Gasteiger partial charge < -0.3 is 20.7 Å². The lowest BCUT2D eigenvalue weighted by Crippen LogP contribution is -2.46. The van der Waals surface area contributed by atoms with Gasteiger partial charge in [0.25, 0.3) is 0 Å². The highest BCUT2D eigenvalue weighted by Crippen LogP contribution is 2.31. The molecule has 1 saturated heterocycles. The number of benzene rings is 1. The largest absolute Gasteiger partial charge is 0.495 e. The number of carbonyl (C=O) groups is 2. The van der Waals surface area contributed by atoms with E-state index in [0.29, 0.717) is 28.2 Å². The summed E-state index contributed by atoms with van der Waals surface area (Å²) >= 11 is 2.65. The van der Waals surface area contributed by atoms with Crippen molar-refractivity contribution in [3.63, 3.8) is 0 Å². The lowest BCUT2D eigenvalue weighted by atomic mass is 10.1. The summed E-state index contributed by atoms with van der Waals surface area (Å²) in [7, 11) is 1.61. The molecule has 1 aliphatic rings. The Morgan fingerprint density at radius 3 is 3.07 bits per heavy atom. The Bertz CT molecular complexity index is 798. The standard InChI is InChI=1S/C17H21N5O3S2/c1-25-13-8-3-2-6-11(13)20-16-21-22-17(27-16)26-10-14(23)19-12-7-4-5-9-18-15(12)24/h2-3,6,8,12H,4-5,7,9-10H2,1H3,(H,18,24)(H,19,23)(H,20,21)/t12-/m1/s1. The maximum atomic E-state index is 12.1. The highest BCUT2D eigenvalue weighted by Gasteiger charge is 2.22. The molecule has 0 radical (unpaired) electrons. The number of ether oxygens (including phenoxy) is 1. The van der Waals surface area contributed by atoms with Crippen LogP contribution in [-0.4, -0.2) is 47.5 Å². The molecule has 0 unspecified atom stereocenters. The molecule has 2 heterocycles. The van der Waals surface area contributed by atoms with Gasteiger partial charge in [0.15, 0.2) is 4.34 Å². The van der Waals surface area contributed by atoms with Crippen LogP contribution in [0.5, 0.6) is 5.75 Å². The van der Waals surface area contributed by atoms with Crippen molar-refractivity contribution in [2.45, 2.75) is 29.6 Å². The van der Waals surface area contributed by atoms with E-state index in [2.05, 4.69) is 26.1 Å². The Hall–Kier alpha value is -2.33. The minimum absolute atomic E-state index is 0.106. The van der Waals surface area contributed by atoms with Crippen molar-refractivity contribution < 1.29 is 14.3 Å². The molecule has 8 nitrogen and oxygen atoms in total. The Labute approximate surface area is 165 Å². The van der Waals surface area contributed by atoms with E-state index in [4.69, 9.17) is 4.74 Å². The first kappa shape index (κ1) is 19.4. The minimum Gasteiger partial charge on any atom is -0.495 e. The molecule has 3 rings (SSSR count). The molecule has 0 spiro atoms. The molecule has 1 aromatic carbocycles. The number of methoxy groups -OCH3 is 1. The topological polar surface area (TPSA) is 105 Å². The van der Waals surface area contributed by atoms with Crippen molar-refractivity contribution in [2.75, 3.05) is 24.7 Å². The molecule has 1 aliphatic heterocycles. The second-order valence-corrected chi connectivity index (χ2v) is 8.09. The number of nitrogens with one attached hydrogen (secondary N) is 3. The molecule has 144 valence electrons. The molecule has 10 heteroatoms. The Morgan fingerprint density at radius 1 is 1.37 bits per heavy atom. The van der Waals surface area contributed by atoms with Crippen LogP contribution in [0.3, 0.4) is 0 Å². The van der Waals surface area contributed by atoms with Crippen LogP contribution in [0.25, 0.3) is 0 Å². The summed E-state index contributed by atoms with van der Waals surface area (Å²) in [6.45, 7) is 0.673. The molecule has 27 heavy (non-hydrogen) atoms. The van der Waals surface area contributed by atoms with Gasteiger partial charge in [-0.2, -0.15) is 0 Å². The van der Waals surface area contributed by atoms with Crippen LogP contribution in [0.15, 0.2) is 28.6 Å². The zero-order valence-corrected chi connectivity index (χ0v) is 16.5. The quantitative estimate of drug-likeness (QED) is 0.604. The molecular formula is C17H21N5O3S2. The number of thioether (sulfide) groups is 1. The van der Waals surface area contributed by atoms with Gasteiger partial charge in [0.05, 0.1) is 18.6 Å². The number of amides is 2. The predicted octanol–water partition coefficient (Wildman–Crippen LogP) is 2.17. The van der Waals surface area contributed by atoms with Crippen LogP contribution in [0.1, 0.15) is 19.3 Å². The van der Waals surface area contributed by atoms with E-state index in [1.807, 2.05) is 24.3 Å². The first-order valence-corrected chi connectivity index (χ1v) is 10.4. The van der Waals surface area contributed by atoms with Crippen molar-refractivity contribution in [1.82, 2.24) is 20.8 Å². The number of aromatic nitrogens is 2. The molecular weight excluding hydrogens is 386 g/mol. The lowest BCUT2D eigenvalue weighted by Gasteiger charge is -2.14. The second-order valence-electron chi connectivity index (χ2n) is 5.89. The van der Waals surface area contributed by atoms with Crippen molar-refractivity contribution in [3.05, 3.63) is 24.3 Å². The van der Waals surface area contributed by atoms with Crippen LogP contribution < -0.4 is 20.7 Å². The fourth-order valence-electron chi connectivity index (χ4n) is 2.62.